The molecule has 1 atom stereocenters. The first kappa shape index (κ1) is 23.1. The summed E-state index contributed by atoms with van der Waals surface area (Å²) < 4.78 is 38.0. The van der Waals surface area contributed by atoms with E-state index in [0.717, 1.165) is 45.9 Å². The second-order valence-electron chi connectivity index (χ2n) is 7.39. The number of carbonyl (C=O) groups excluding carboxylic acids is 1. The summed E-state index contributed by atoms with van der Waals surface area (Å²) in [6, 6.07) is 8.48. The molecule has 2 heterocycles. The molecule has 0 fully saturated rings. The largest absolute Gasteiger partial charge is 0.433 e. The monoisotopic (exact) mass is 450 g/mol. The van der Waals surface area contributed by atoms with Gasteiger partial charge in [0.1, 0.15) is 5.69 Å². The molecule has 1 aromatic heterocycles. The molecule has 166 valence electrons. The molecule has 9 heteroatoms. The highest BCUT2D eigenvalue weighted by Gasteiger charge is 2.32. The van der Waals surface area contributed by atoms with Crippen molar-refractivity contribution in [3.63, 3.8) is 0 Å². The summed E-state index contributed by atoms with van der Waals surface area (Å²) in [4.78, 5) is 19.7. The van der Waals surface area contributed by atoms with E-state index in [2.05, 4.69) is 20.6 Å². The van der Waals surface area contributed by atoms with E-state index < -0.39 is 11.9 Å². The molecule has 1 aromatic carbocycles. The van der Waals surface area contributed by atoms with Crippen LogP contribution in [0.1, 0.15) is 48.6 Å². The number of amides is 1. The molecule has 2 aromatic rings. The molecule has 0 bridgehead atoms. The molecule has 1 unspecified atom stereocenters. The van der Waals surface area contributed by atoms with E-state index in [1.807, 2.05) is 32.0 Å². The first-order valence-electron chi connectivity index (χ1n) is 10.1. The predicted octanol–water partition coefficient (Wildman–Crippen LogP) is 4.99. The number of nitrogens with zero attached hydrogens (tertiary/aromatic N) is 2. The number of fused-ring (bicyclic) bond motifs is 1. The fraction of sp³-hybridized carbons (Fsp3) is 0.409. The van der Waals surface area contributed by atoms with Gasteiger partial charge in [0, 0.05) is 30.7 Å². The van der Waals surface area contributed by atoms with Crippen molar-refractivity contribution in [2.45, 2.75) is 44.5 Å². The summed E-state index contributed by atoms with van der Waals surface area (Å²) in [5, 5.41) is 6.92. The number of hydrogen-bond donors (Lipinski definition) is 2. The number of aromatic nitrogens is 1. The quantitative estimate of drug-likeness (QED) is 0.461. The number of hydrogen-bond acceptors (Lipinski definition) is 4. The van der Waals surface area contributed by atoms with E-state index in [4.69, 9.17) is 0 Å². The van der Waals surface area contributed by atoms with Crippen molar-refractivity contribution < 1.29 is 18.0 Å². The van der Waals surface area contributed by atoms with Gasteiger partial charge < -0.3 is 10.6 Å². The van der Waals surface area contributed by atoms with E-state index in [0.29, 0.717) is 19.4 Å². The molecule has 2 N–H and O–H groups in total. The Hall–Kier alpha value is -2.55. The maximum absolute atomic E-state index is 12.7. The Bertz CT molecular complexity index is 945. The van der Waals surface area contributed by atoms with Gasteiger partial charge in [0.2, 0.25) is 5.91 Å². The number of alkyl halides is 3. The van der Waals surface area contributed by atoms with Gasteiger partial charge >= 0.3 is 6.18 Å². The maximum atomic E-state index is 12.7. The van der Waals surface area contributed by atoms with Gasteiger partial charge in [0.05, 0.1) is 6.42 Å². The number of benzene rings is 1. The molecule has 0 spiro atoms. The Morgan fingerprint density at radius 1 is 1.32 bits per heavy atom. The second-order valence-corrected chi connectivity index (χ2v) is 8.35. The standard InChI is InChI=1S/C22H25F3N4OS/c1-3-26-21(31-13-15-4-6-18-17(10-15)11-20(30)29-18)27-9-8-14(2)16-5-7-19(28-12-16)22(23,24)25/h4-7,10,12,14H,3,8-9,11,13H2,1-2H3,(H,26,27)(H,29,30). The fourth-order valence-corrected chi connectivity index (χ4v) is 4.13. The summed E-state index contributed by atoms with van der Waals surface area (Å²) in [5.74, 6) is 0.798. The number of halogens is 3. The fourth-order valence-electron chi connectivity index (χ4n) is 3.22. The molecule has 1 amide bonds. The second kappa shape index (κ2) is 10.2. The van der Waals surface area contributed by atoms with Gasteiger partial charge in [-0.25, -0.2) is 0 Å². The smallest absolute Gasteiger partial charge is 0.365 e. The van der Waals surface area contributed by atoms with E-state index in [-0.39, 0.29) is 11.8 Å². The Morgan fingerprint density at radius 3 is 2.81 bits per heavy atom. The Balaban J connectivity index is 1.53. The number of aliphatic imine (C=N–C) groups is 1. The Labute approximate surface area is 183 Å². The third kappa shape index (κ3) is 6.46. The number of pyridine rings is 1. The van der Waals surface area contributed by atoms with Crippen LogP contribution in [0.4, 0.5) is 18.9 Å². The number of nitrogens with one attached hydrogen (secondary N) is 2. The zero-order valence-electron chi connectivity index (χ0n) is 17.4. The minimum Gasteiger partial charge on any atom is -0.365 e. The van der Waals surface area contributed by atoms with Crippen molar-refractivity contribution in [1.29, 1.82) is 0 Å². The molecular formula is C22H25F3N4OS. The SMILES string of the molecule is CCNC(=NCCC(C)c1ccc(C(F)(F)F)nc1)SCc1ccc2c(c1)CC(=O)N2. The summed E-state index contributed by atoms with van der Waals surface area (Å²) in [6.07, 6.45) is -2.01. The molecular weight excluding hydrogens is 425 g/mol. The highest BCUT2D eigenvalue weighted by Crippen LogP contribution is 2.29. The molecule has 0 radical (unpaired) electrons. The molecule has 0 saturated carbocycles. The zero-order chi connectivity index (χ0) is 22.4. The first-order chi connectivity index (χ1) is 14.8. The van der Waals surface area contributed by atoms with Crippen LogP contribution in [-0.2, 0) is 23.1 Å². The van der Waals surface area contributed by atoms with E-state index in [9.17, 15) is 18.0 Å². The van der Waals surface area contributed by atoms with Crippen LogP contribution in [0.3, 0.4) is 0 Å². The maximum Gasteiger partial charge on any atom is 0.433 e. The molecule has 1 aliphatic rings. The number of amidine groups is 1. The summed E-state index contributed by atoms with van der Waals surface area (Å²) >= 11 is 1.59. The Morgan fingerprint density at radius 2 is 2.13 bits per heavy atom. The topological polar surface area (TPSA) is 66.4 Å². The molecule has 0 aliphatic carbocycles. The van der Waals surface area contributed by atoms with Gasteiger partial charge in [0.25, 0.3) is 0 Å². The number of anilines is 1. The van der Waals surface area contributed by atoms with Crippen LogP contribution in [0.15, 0.2) is 41.5 Å². The normalized spacial score (nSPS) is 14.9. The molecule has 1 aliphatic heterocycles. The lowest BCUT2D eigenvalue weighted by Gasteiger charge is -2.13. The van der Waals surface area contributed by atoms with Crippen LogP contribution in [0.5, 0.6) is 0 Å². The van der Waals surface area contributed by atoms with Crippen LogP contribution >= 0.6 is 11.8 Å². The van der Waals surface area contributed by atoms with Crippen LogP contribution in [0, 0.1) is 0 Å². The lowest BCUT2D eigenvalue weighted by molar-refractivity contribution is -0.141. The highest BCUT2D eigenvalue weighted by molar-refractivity contribution is 8.13. The third-order valence-electron chi connectivity index (χ3n) is 4.96. The summed E-state index contributed by atoms with van der Waals surface area (Å²) in [6.45, 7) is 5.26. The van der Waals surface area contributed by atoms with Gasteiger partial charge in [-0.2, -0.15) is 13.2 Å². The van der Waals surface area contributed by atoms with Crippen LogP contribution in [-0.4, -0.2) is 29.1 Å². The average Bonchev–Trinajstić information content (AvgIpc) is 3.10. The van der Waals surface area contributed by atoms with Gasteiger partial charge in [-0.3, -0.25) is 14.8 Å². The van der Waals surface area contributed by atoms with Crippen molar-refractivity contribution in [3.8, 4) is 0 Å². The zero-order valence-corrected chi connectivity index (χ0v) is 18.2. The van der Waals surface area contributed by atoms with Crippen molar-refractivity contribution in [2.75, 3.05) is 18.4 Å². The molecule has 5 nitrogen and oxygen atoms in total. The highest BCUT2D eigenvalue weighted by atomic mass is 32.2. The van der Waals surface area contributed by atoms with Crippen molar-refractivity contribution in [3.05, 3.63) is 58.9 Å². The first-order valence-corrected chi connectivity index (χ1v) is 11.1. The van der Waals surface area contributed by atoms with Gasteiger partial charge in [-0.1, -0.05) is 36.9 Å². The Kier molecular flexibility index (Phi) is 7.59. The van der Waals surface area contributed by atoms with E-state index >= 15 is 0 Å². The third-order valence-corrected chi connectivity index (χ3v) is 5.99. The minimum atomic E-state index is -4.42. The molecule has 0 saturated heterocycles. The summed E-state index contributed by atoms with van der Waals surface area (Å²) in [5.41, 5.74) is 2.91. The predicted molar refractivity (Wildman–Crippen MR) is 118 cm³/mol. The van der Waals surface area contributed by atoms with Gasteiger partial charge in [-0.05, 0) is 48.1 Å². The van der Waals surface area contributed by atoms with E-state index in [1.54, 1.807) is 11.8 Å². The summed E-state index contributed by atoms with van der Waals surface area (Å²) in [7, 11) is 0. The lowest BCUT2D eigenvalue weighted by Crippen LogP contribution is -2.20. The van der Waals surface area contributed by atoms with Crippen molar-refractivity contribution in [2.24, 2.45) is 4.99 Å². The number of carbonyl (C=O) groups is 1. The lowest BCUT2D eigenvalue weighted by atomic mass is 9.99. The van der Waals surface area contributed by atoms with Crippen LogP contribution in [0.2, 0.25) is 0 Å². The number of rotatable bonds is 7. The van der Waals surface area contributed by atoms with Crippen LogP contribution in [0.25, 0.3) is 0 Å². The van der Waals surface area contributed by atoms with Gasteiger partial charge in [-0.15, -0.1) is 0 Å². The van der Waals surface area contributed by atoms with E-state index in [1.165, 1.54) is 12.3 Å². The molecule has 3 rings (SSSR count). The average molecular weight is 451 g/mol. The van der Waals surface area contributed by atoms with Gasteiger partial charge in [0.15, 0.2) is 5.17 Å². The molecule has 31 heavy (non-hydrogen) atoms. The van der Waals surface area contributed by atoms with Crippen molar-refractivity contribution in [1.82, 2.24) is 10.3 Å². The number of thioether (sulfide) groups is 1. The minimum absolute atomic E-state index is 0.0204. The van der Waals surface area contributed by atoms with Crippen LogP contribution < -0.4 is 10.6 Å². The van der Waals surface area contributed by atoms with Crippen molar-refractivity contribution >= 4 is 28.5 Å².